The number of aromatic nitrogens is 1. The Kier molecular flexibility index (Phi) is 3.58. The molecular weight excluding hydrogens is 276 g/mol. The Bertz CT molecular complexity index is 634. The van der Waals surface area contributed by atoms with Crippen molar-refractivity contribution < 1.29 is 15.0 Å². The summed E-state index contributed by atoms with van der Waals surface area (Å²) in [5.41, 5.74) is 2.21. The highest BCUT2D eigenvalue weighted by molar-refractivity contribution is 7.18. The van der Waals surface area contributed by atoms with E-state index in [2.05, 4.69) is 22.4 Å². The van der Waals surface area contributed by atoms with Crippen molar-refractivity contribution >= 4 is 27.6 Å². The van der Waals surface area contributed by atoms with Crippen molar-refractivity contribution in [1.82, 2.24) is 10.3 Å². The zero-order chi connectivity index (χ0) is 14.1. The molecule has 1 heterocycles. The number of amides is 1. The summed E-state index contributed by atoms with van der Waals surface area (Å²) in [6.07, 6.45) is 1.07. The van der Waals surface area contributed by atoms with Crippen molar-refractivity contribution in [2.75, 3.05) is 6.61 Å². The van der Waals surface area contributed by atoms with Crippen LogP contribution >= 0.6 is 11.3 Å². The normalized spacial score (nSPS) is 21.6. The standard InChI is InChI=1S/C14H16N2O3S/c17-7-8-3-10(4-8)9-1-2-11-12(5-9)20-13(16-11)6-15-14(18)19/h1-2,5,8,10,15,17H,3-4,6-7H2,(H,18,19)/t8-,10-. The van der Waals surface area contributed by atoms with Gasteiger partial charge in [-0.25, -0.2) is 9.78 Å². The maximum Gasteiger partial charge on any atom is 0.405 e. The van der Waals surface area contributed by atoms with Gasteiger partial charge in [-0.2, -0.15) is 0 Å². The Hall–Kier alpha value is -1.66. The Morgan fingerprint density at radius 3 is 2.95 bits per heavy atom. The highest BCUT2D eigenvalue weighted by Crippen LogP contribution is 2.42. The number of aliphatic hydroxyl groups excluding tert-OH is 1. The van der Waals surface area contributed by atoms with Crippen LogP contribution in [-0.2, 0) is 6.54 Å². The first-order chi connectivity index (χ1) is 9.65. The summed E-state index contributed by atoms with van der Waals surface area (Å²) in [6.45, 7) is 0.532. The number of nitrogens with zero attached hydrogens (tertiary/aromatic N) is 1. The Morgan fingerprint density at radius 1 is 1.45 bits per heavy atom. The summed E-state index contributed by atoms with van der Waals surface area (Å²) in [6, 6.07) is 6.24. The van der Waals surface area contributed by atoms with Crippen LogP contribution in [0.3, 0.4) is 0 Å². The third kappa shape index (κ3) is 2.62. The van der Waals surface area contributed by atoms with E-state index in [1.54, 1.807) is 0 Å². The molecule has 0 saturated heterocycles. The molecule has 1 aliphatic rings. The van der Waals surface area contributed by atoms with Crippen LogP contribution in [0.15, 0.2) is 18.2 Å². The van der Waals surface area contributed by atoms with Crippen molar-refractivity contribution in [1.29, 1.82) is 0 Å². The molecular formula is C14H16N2O3S. The number of carbonyl (C=O) groups is 1. The first-order valence-electron chi connectivity index (χ1n) is 6.62. The van der Waals surface area contributed by atoms with E-state index in [1.807, 2.05) is 6.07 Å². The van der Waals surface area contributed by atoms with Gasteiger partial charge >= 0.3 is 6.09 Å². The van der Waals surface area contributed by atoms with Gasteiger partial charge in [-0.3, -0.25) is 0 Å². The number of fused-ring (bicyclic) bond motifs is 1. The second-order valence-corrected chi connectivity index (χ2v) is 6.33. The van der Waals surface area contributed by atoms with E-state index in [0.29, 0.717) is 11.8 Å². The van der Waals surface area contributed by atoms with Crippen LogP contribution in [0, 0.1) is 5.92 Å². The minimum atomic E-state index is -1.03. The molecule has 0 atom stereocenters. The smallest absolute Gasteiger partial charge is 0.405 e. The molecule has 3 N–H and O–H groups in total. The molecule has 1 aliphatic carbocycles. The minimum Gasteiger partial charge on any atom is -0.465 e. The zero-order valence-corrected chi connectivity index (χ0v) is 11.7. The van der Waals surface area contributed by atoms with Crippen molar-refractivity contribution in [2.24, 2.45) is 5.92 Å². The summed E-state index contributed by atoms with van der Waals surface area (Å²) in [7, 11) is 0. The summed E-state index contributed by atoms with van der Waals surface area (Å²) in [4.78, 5) is 14.9. The number of carboxylic acid groups (broad SMARTS) is 1. The molecule has 3 rings (SSSR count). The molecule has 0 aliphatic heterocycles. The minimum absolute atomic E-state index is 0.250. The molecule has 5 nitrogen and oxygen atoms in total. The van der Waals surface area contributed by atoms with Crippen molar-refractivity contribution in [2.45, 2.75) is 25.3 Å². The molecule has 0 radical (unpaired) electrons. The van der Waals surface area contributed by atoms with Gasteiger partial charge < -0.3 is 15.5 Å². The van der Waals surface area contributed by atoms with Crippen LogP contribution in [-0.4, -0.2) is 27.9 Å². The first-order valence-corrected chi connectivity index (χ1v) is 7.44. The number of benzene rings is 1. The maximum atomic E-state index is 10.5. The number of thiazole rings is 1. The quantitative estimate of drug-likeness (QED) is 0.808. The number of aliphatic hydroxyl groups is 1. The van der Waals surface area contributed by atoms with Crippen LogP contribution in [0.5, 0.6) is 0 Å². The fourth-order valence-electron chi connectivity index (χ4n) is 2.63. The lowest BCUT2D eigenvalue weighted by atomic mass is 9.72. The monoisotopic (exact) mass is 292 g/mol. The predicted octanol–water partition coefficient (Wildman–Crippen LogP) is 2.55. The Balaban J connectivity index is 1.76. The SMILES string of the molecule is O=C(O)NCc1nc2ccc([C@H]3C[C@H](CO)C3)cc2s1. The van der Waals surface area contributed by atoms with Gasteiger partial charge in [0.1, 0.15) is 5.01 Å². The molecule has 0 spiro atoms. The number of rotatable bonds is 4. The van der Waals surface area contributed by atoms with Crippen LogP contribution < -0.4 is 5.32 Å². The van der Waals surface area contributed by atoms with Gasteiger partial charge in [0.25, 0.3) is 0 Å². The lowest BCUT2D eigenvalue weighted by molar-refractivity contribution is 0.142. The van der Waals surface area contributed by atoms with E-state index < -0.39 is 6.09 Å². The molecule has 20 heavy (non-hydrogen) atoms. The highest BCUT2D eigenvalue weighted by atomic mass is 32.1. The van der Waals surface area contributed by atoms with Crippen LogP contribution in [0.4, 0.5) is 4.79 Å². The molecule has 1 amide bonds. The van der Waals surface area contributed by atoms with Crippen LogP contribution in [0.2, 0.25) is 0 Å². The average Bonchev–Trinajstić information content (AvgIpc) is 2.77. The van der Waals surface area contributed by atoms with E-state index in [9.17, 15) is 4.79 Å². The Morgan fingerprint density at radius 2 is 2.25 bits per heavy atom. The summed E-state index contributed by atoms with van der Waals surface area (Å²) in [5, 5.41) is 20.8. The third-order valence-electron chi connectivity index (χ3n) is 3.81. The van der Waals surface area contributed by atoms with Crippen molar-refractivity contribution in [3.63, 3.8) is 0 Å². The van der Waals surface area contributed by atoms with Gasteiger partial charge in [-0.1, -0.05) is 6.07 Å². The molecule has 0 unspecified atom stereocenters. The van der Waals surface area contributed by atoms with E-state index in [0.717, 1.165) is 28.1 Å². The first kappa shape index (κ1) is 13.3. The van der Waals surface area contributed by atoms with Gasteiger partial charge in [0.05, 0.1) is 16.8 Å². The fourth-order valence-corrected chi connectivity index (χ4v) is 3.58. The van der Waals surface area contributed by atoms with Crippen molar-refractivity contribution in [3.05, 3.63) is 28.8 Å². The van der Waals surface area contributed by atoms with E-state index in [1.165, 1.54) is 16.9 Å². The highest BCUT2D eigenvalue weighted by Gasteiger charge is 2.29. The number of hydrogen-bond donors (Lipinski definition) is 3. The molecule has 6 heteroatoms. The van der Waals surface area contributed by atoms with E-state index in [4.69, 9.17) is 10.2 Å². The lowest BCUT2D eigenvalue weighted by Gasteiger charge is -2.34. The van der Waals surface area contributed by atoms with E-state index >= 15 is 0 Å². The predicted molar refractivity (Wildman–Crippen MR) is 77.0 cm³/mol. The van der Waals surface area contributed by atoms with Crippen LogP contribution in [0.1, 0.15) is 29.3 Å². The Labute approximate surface area is 120 Å². The maximum absolute atomic E-state index is 10.5. The van der Waals surface area contributed by atoms with Gasteiger partial charge in [0, 0.05) is 6.61 Å². The molecule has 1 saturated carbocycles. The van der Waals surface area contributed by atoms with E-state index in [-0.39, 0.29) is 13.2 Å². The molecule has 0 bridgehead atoms. The van der Waals surface area contributed by atoms with Gasteiger partial charge in [0.15, 0.2) is 0 Å². The van der Waals surface area contributed by atoms with Gasteiger partial charge in [0.2, 0.25) is 0 Å². The fraction of sp³-hybridized carbons (Fsp3) is 0.429. The third-order valence-corrected chi connectivity index (χ3v) is 4.83. The topological polar surface area (TPSA) is 82.5 Å². The molecule has 106 valence electrons. The van der Waals surface area contributed by atoms with Gasteiger partial charge in [-0.05, 0) is 42.4 Å². The second-order valence-electron chi connectivity index (χ2n) is 5.21. The van der Waals surface area contributed by atoms with Crippen molar-refractivity contribution in [3.8, 4) is 0 Å². The zero-order valence-electron chi connectivity index (χ0n) is 10.9. The molecule has 1 aromatic heterocycles. The summed E-state index contributed by atoms with van der Waals surface area (Å²) < 4.78 is 1.09. The largest absolute Gasteiger partial charge is 0.465 e. The number of hydrogen-bond acceptors (Lipinski definition) is 4. The molecule has 1 fully saturated rings. The molecule has 1 aromatic carbocycles. The summed E-state index contributed by atoms with van der Waals surface area (Å²) in [5.74, 6) is 0.992. The molecule has 2 aromatic rings. The lowest BCUT2D eigenvalue weighted by Crippen LogP contribution is -2.24. The number of nitrogens with one attached hydrogen (secondary N) is 1. The van der Waals surface area contributed by atoms with Crippen LogP contribution in [0.25, 0.3) is 10.2 Å². The summed E-state index contributed by atoms with van der Waals surface area (Å²) >= 11 is 1.53. The van der Waals surface area contributed by atoms with Gasteiger partial charge in [-0.15, -0.1) is 11.3 Å². The second kappa shape index (κ2) is 5.38. The average molecular weight is 292 g/mol.